The Kier molecular flexibility index (Phi) is 5.94. The number of nitrogens with zero attached hydrogens (tertiary/aromatic N) is 3. The number of carbonyl (C=O) groups is 1. The number of anilines is 1. The summed E-state index contributed by atoms with van der Waals surface area (Å²) in [5.74, 6) is 1.23. The molecule has 2 aromatic carbocycles. The van der Waals surface area contributed by atoms with Gasteiger partial charge >= 0.3 is 0 Å². The van der Waals surface area contributed by atoms with Crippen LogP contribution in [0.4, 0.5) is 5.95 Å². The third kappa shape index (κ3) is 4.19. The molecule has 1 N–H and O–H groups in total. The van der Waals surface area contributed by atoms with E-state index >= 15 is 0 Å². The van der Waals surface area contributed by atoms with Crippen LogP contribution in [0.15, 0.2) is 53.3 Å². The van der Waals surface area contributed by atoms with Crippen LogP contribution in [-0.2, 0) is 0 Å². The number of amides is 1. The van der Waals surface area contributed by atoms with Crippen LogP contribution in [0.25, 0.3) is 10.8 Å². The summed E-state index contributed by atoms with van der Waals surface area (Å²) >= 11 is 3.34. The lowest BCUT2D eigenvalue weighted by Crippen LogP contribution is -2.40. The molecule has 2 heterocycles. The van der Waals surface area contributed by atoms with E-state index in [0.29, 0.717) is 30.4 Å². The Bertz CT molecular complexity index is 1010. The molecule has 0 saturated carbocycles. The Hall–Kier alpha value is -2.67. The molecule has 3 aromatic rings. The third-order valence-electron chi connectivity index (χ3n) is 5.16. The van der Waals surface area contributed by atoms with Gasteiger partial charge in [-0.05, 0) is 52.5 Å². The molecule has 4 rings (SSSR count). The van der Waals surface area contributed by atoms with Crippen molar-refractivity contribution in [1.29, 1.82) is 0 Å². The Balaban J connectivity index is 1.59. The molecule has 0 bridgehead atoms. The lowest BCUT2D eigenvalue weighted by atomic mass is 10.0. The standard InChI is InChI=1S/C22H23BrN4O2/c1-2-29-19-10-9-15-6-3-4-8-18(15)20(19)21(28)27-11-5-7-17(27)14-26-22-24-12-16(23)13-25-22/h3-4,6,8-10,12-13,17H,2,5,7,11,14H2,1H3,(H,24,25,26). The van der Waals surface area contributed by atoms with Crippen LogP contribution in [0, 0.1) is 0 Å². The first-order valence-corrected chi connectivity index (χ1v) is 10.6. The van der Waals surface area contributed by atoms with E-state index in [1.165, 1.54) is 0 Å². The second-order valence-electron chi connectivity index (χ2n) is 6.99. The van der Waals surface area contributed by atoms with Crippen LogP contribution in [0.3, 0.4) is 0 Å². The van der Waals surface area contributed by atoms with Crippen molar-refractivity contribution in [3.8, 4) is 5.75 Å². The van der Waals surface area contributed by atoms with Crippen LogP contribution in [0.1, 0.15) is 30.1 Å². The smallest absolute Gasteiger partial charge is 0.258 e. The van der Waals surface area contributed by atoms with E-state index in [0.717, 1.165) is 34.6 Å². The molecule has 6 nitrogen and oxygen atoms in total. The zero-order valence-electron chi connectivity index (χ0n) is 16.3. The molecule has 150 valence electrons. The Labute approximate surface area is 178 Å². The topological polar surface area (TPSA) is 67.3 Å². The minimum absolute atomic E-state index is 0.0197. The SMILES string of the molecule is CCOc1ccc2ccccc2c1C(=O)N1CCCC1CNc1ncc(Br)cn1. The normalized spacial score (nSPS) is 16.2. The summed E-state index contributed by atoms with van der Waals surface area (Å²) in [7, 11) is 0. The van der Waals surface area contributed by atoms with E-state index in [2.05, 4.69) is 31.2 Å². The van der Waals surface area contributed by atoms with E-state index in [-0.39, 0.29) is 11.9 Å². The van der Waals surface area contributed by atoms with E-state index < -0.39 is 0 Å². The van der Waals surface area contributed by atoms with Crippen LogP contribution >= 0.6 is 15.9 Å². The number of halogens is 1. The maximum absolute atomic E-state index is 13.6. The molecule has 0 radical (unpaired) electrons. The number of hydrogen-bond acceptors (Lipinski definition) is 5. The van der Waals surface area contributed by atoms with Crippen molar-refractivity contribution >= 4 is 38.6 Å². The molecule has 0 spiro atoms. The van der Waals surface area contributed by atoms with Gasteiger partial charge in [-0.3, -0.25) is 4.79 Å². The molecular weight excluding hydrogens is 432 g/mol. The van der Waals surface area contributed by atoms with Crippen molar-refractivity contribution < 1.29 is 9.53 Å². The molecule has 1 fully saturated rings. The summed E-state index contributed by atoms with van der Waals surface area (Å²) < 4.78 is 6.65. The molecule has 1 atom stereocenters. The minimum Gasteiger partial charge on any atom is -0.493 e. The molecule has 1 saturated heterocycles. The Morgan fingerprint density at radius 2 is 2.03 bits per heavy atom. The second kappa shape index (κ2) is 8.78. The second-order valence-corrected chi connectivity index (χ2v) is 7.91. The minimum atomic E-state index is 0.0197. The highest BCUT2D eigenvalue weighted by atomic mass is 79.9. The number of fused-ring (bicyclic) bond motifs is 1. The zero-order valence-corrected chi connectivity index (χ0v) is 17.9. The first-order chi connectivity index (χ1) is 14.2. The number of likely N-dealkylation sites (tertiary alicyclic amines) is 1. The molecule has 29 heavy (non-hydrogen) atoms. The fourth-order valence-corrected chi connectivity index (χ4v) is 4.02. The average molecular weight is 455 g/mol. The number of nitrogens with one attached hydrogen (secondary N) is 1. The first-order valence-electron chi connectivity index (χ1n) is 9.84. The van der Waals surface area contributed by atoms with Gasteiger partial charge in [0, 0.05) is 31.5 Å². The molecule has 0 aliphatic carbocycles. The van der Waals surface area contributed by atoms with Crippen LogP contribution in [-0.4, -0.2) is 46.5 Å². The van der Waals surface area contributed by atoms with Gasteiger partial charge in [0.2, 0.25) is 5.95 Å². The zero-order chi connectivity index (χ0) is 20.2. The summed E-state index contributed by atoms with van der Waals surface area (Å²) in [5, 5.41) is 5.23. The molecule has 1 aliphatic rings. The van der Waals surface area contributed by atoms with Gasteiger partial charge < -0.3 is 15.0 Å². The van der Waals surface area contributed by atoms with Gasteiger partial charge in [-0.2, -0.15) is 0 Å². The van der Waals surface area contributed by atoms with Crippen molar-refractivity contribution in [3.63, 3.8) is 0 Å². The highest BCUT2D eigenvalue weighted by Crippen LogP contribution is 2.31. The van der Waals surface area contributed by atoms with Crippen molar-refractivity contribution in [1.82, 2.24) is 14.9 Å². The van der Waals surface area contributed by atoms with E-state index in [1.807, 2.05) is 48.2 Å². The van der Waals surface area contributed by atoms with Gasteiger partial charge in [0.1, 0.15) is 5.75 Å². The van der Waals surface area contributed by atoms with Gasteiger partial charge in [0.05, 0.1) is 16.6 Å². The van der Waals surface area contributed by atoms with E-state index in [9.17, 15) is 4.79 Å². The highest BCUT2D eigenvalue weighted by molar-refractivity contribution is 9.10. The van der Waals surface area contributed by atoms with Crippen LogP contribution in [0.5, 0.6) is 5.75 Å². The monoisotopic (exact) mass is 454 g/mol. The lowest BCUT2D eigenvalue weighted by Gasteiger charge is -2.26. The summed E-state index contributed by atoms with van der Waals surface area (Å²) in [6.07, 6.45) is 5.34. The largest absolute Gasteiger partial charge is 0.493 e. The highest BCUT2D eigenvalue weighted by Gasteiger charge is 2.32. The lowest BCUT2D eigenvalue weighted by molar-refractivity contribution is 0.0741. The van der Waals surface area contributed by atoms with Crippen molar-refractivity contribution in [3.05, 3.63) is 58.8 Å². The molecular formula is C22H23BrN4O2. The fourth-order valence-electron chi connectivity index (χ4n) is 3.82. The van der Waals surface area contributed by atoms with Crippen molar-refractivity contribution in [2.75, 3.05) is 25.0 Å². The fraction of sp³-hybridized carbons (Fsp3) is 0.318. The van der Waals surface area contributed by atoms with Gasteiger partial charge in [-0.15, -0.1) is 0 Å². The number of ether oxygens (including phenoxy) is 1. The first kappa shape index (κ1) is 19.6. The number of carbonyl (C=O) groups excluding carboxylic acids is 1. The van der Waals surface area contributed by atoms with Gasteiger partial charge in [-0.1, -0.05) is 30.3 Å². The number of hydrogen-bond donors (Lipinski definition) is 1. The molecule has 1 amide bonds. The predicted molar refractivity (Wildman–Crippen MR) is 117 cm³/mol. The van der Waals surface area contributed by atoms with Crippen molar-refractivity contribution in [2.24, 2.45) is 0 Å². The van der Waals surface area contributed by atoms with Crippen LogP contribution < -0.4 is 10.1 Å². The average Bonchev–Trinajstić information content (AvgIpc) is 3.21. The predicted octanol–water partition coefficient (Wildman–Crippen LogP) is 4.51. The Morgan fingerprint density at radius 1 is 1.24 bits per heavy atom. The summed E-state index contributed by atoms with van der Waals surface area (Å²) in [6.45, 7) is 3.80. The van der Waals surface area contributed by atoms with Gasteiger partial charge in [0.15, 0.2) is 0 Å². The van der Waals surface area contributed by atoms with Crippen molar-refractivity contribution in [2.45, 2.75) is 25.8 Å². The molecule has 1 aliphatic heterocycles. The maximum Gasteiger partial charge on any atom is 0.258 e. The Morgan fingerprint density at radius 3 is 2.83 bits per heavy atom. The molecule has 1 unspecified atom stereocenters. The van der Waals surface area contributed by atoms with Gasteiger partial charge in [-0.25, -0.2) is 9.97 Å². The number of benzene rings is 2. The van der Waals surface area contributed by atoms with E-state index in [4.69, 9.17) is 4.74 Å². The maximum atomic E-state index is 13.6. The van der Waals surface area contributed by atoms with E-state index in [1.54, 1.807) is 12.4 Å². The summed E-state index contributed by atoms with van der Waals surface area (Å²) in [5.41, 5.74) is 0.650. The third-order valence-corrected chi connectivity index (χ3v) is 5.57. The van der Waals surface area contributed by atoms with Gasteiger partial charge in [0.25, 0.3) is 5.91 Å². The quantitative estimate of drug-likeness (QED) is 0.593. The summed E-state index contributed by atoms with van der Waals surface area (Å²) in [4.78, 5) is 24.1. The number of rotatable bonds is 6. The van der Waals surface area contributed by atoms with Crippen LogP contribution in [0.2, 0.25) is 0 Å². The summed E-state index contributed by atoms with van der Waals surface area (Å²) in [6, 6.07) is 12.0. The molecule has 1 aromatic heterocycles. The number of aromatic nitrogens is 2. The molecule has 7 heteroatoms.